The second kappa shape index (κ2) is 5.14. The maximum absolute atomic E-state index is 8.61. The van der Waals surface area contributed by atoms with Gasteiger partial charge in [-0.15, -0.1) is 0 Å². The molecule has 0 unspecified atom stereocenters. The Labute approximate surface area is 92.8 Å². The number of hydrogen-bond donors (Lipinski definition) is 0. The van der Waals surface area contributed by atoms with Crippen LogP contribution in [0.15, 0.2) is 17.0 Å². The van der Waals surface area contributed by atoms with Gasteiger partial charge in [-0.05, 0) is 35.9 Å². The molecule has 2 nitrogen and oxygen atoms in total. The normalized spacial score (nSPS) is 9.57. The Hall–Kier alpha value is -0.850. The van der Waals surface area contributed by atoms with Crippen LogP contribution in [0.1, 0.15) is 12.5 Å². The van der Waals surface area contributed by atoms with Crippen LogP contribution in [0, 0.1) is 10.7 Å². The average Bonchev–Trinajstić information content (AvgIpc) is 2.20. The van der Waals surface area contributed by atoms with Crippen molar-refractivity contribution in [2.24, 2.45) is 0 Å². The molecule has 0 amide bonds. The van der Waals surface area contributed by atoms with E-state index in [0.717, 1.165) is 28.6 Å². The molecule has 4 heteroatoms. The van der Waals surface area contributed by atoms with Crippen LogP contribution in [0.3, 0.4) is 0 Å². The number of ether oxygens (including phenoxy) is 1. The van der Waals surface area contributed by atoms with Crippen molar-refractivity contribution in [3.05, 3.63) is 22.7 Å². The molecule has 0 spiro atoms. The highest BCUT2D eigenvalue weighted by Gasteiger charge is 2.08. The summed E-state index contributed by atoms with van der Waals surface area (Å²) in [6.07, 6.45) is 0.855. The van der Waals surface area contributed by atoms with E-state index in [4.69, 9.17) is 21.6 Å². The summed E-state index contributed by atoms with van der Waals surface area (Å²) in [5.41, 5.74) is 1.07. The van der Waals surface area contributed by atoms with Crippen LogP contribution >= 0.6 is 23.4 Å². The molecule has 0 saturated carbocycles. The number of aryl methyl sites for hydroxylation is 1. The largest absolute Gasteiger partial charge is 0.495 e. The van der Waals surface area contributed by atoms with Crippen molar-refractivity contribution in [2.45, 2.75) is 18.2 Å². The van der Waals surface area contributed by atoms with Gasteiger partial charge in [0.05, 0.1) is 12.1 Å². The van der Waals surface area contributed by atoms with Gasteiger partial charge < -0.3 is 4.74 Å². The Morgan fingerprint density at radius 1 is 1.57 bits per heavy atom. The molecule has 0 fully saturated rings. The predicted molar refractivity (Wildman–Crippen MR) is 58.9 cm³/mol. The van der Waals surface area contributed by atoms with Crippen LogP contribution in [-0.4, -0.2) is 7.11 Å². The van der Waals surface area contributed by atoms with E-state index in [2.05, 4.69) is 0 Å². The number of hydrogen-bond acceptors (Lipinski definition) is 3. The molecule has 0 aromatic heterocycles. The fraction of sp³-hybridized carbons (Fsp3) is 0.300. The second-order valence-electron chi connectivity index (χ2n) is 2.64. The van der Waals surface area contributed by atoms with E-state index in [1.807, 2.05) is 18.4 Å². The van der Waals surface area contributed by atoms with Crippen molar-refractivity contribution in [3.63, 3.8) is 0 Å². The first kappa shape index (κ1) is 11.2. The van der Waals surface area contributed by atoms with Crippen molar-refractivity contribution in [1.29, 1.82) is 5.26 Å². The lowest BCUT2D eigenvalue weighted by molar-refractivity contribution is 0.413. The topological polar surface area (TPSA) is 33.0 Å². The number of halogens is 1. The van der Waals surface area contributed by atoms with Crippen LogP contribution in [0.4, 0.5) is 0 Å². The highest BCUT2D eigenvalue weighted by molar-refractivity contribution is 8.03. The van der Waals surface area contributed by atoms with Crippen LogP contribution in [0.25, 0.3) is 0 Å². The molecule has 0 aliphatic rings. The SMILES string of the molecule is CCc1cc(Cl)c(OC)cc1SC#N. The van der Waals surface area contributed by atoms with Gasteiger partial charge in [-0.25, -0.2) is 0 Å². The van der Waals surface area contributed by atoms with Crippen molar-refractivity contribution in [1.82, 2.24) is 0 Å². The number of thioether (sulfide) groups is 1. The quantitative estimate of drug-likeness (QED) is 0.586. The van der Waals surface area contributed by atoms with Crippen LogP contribution in [-0.2, 0) is 6.42 Å². The first-order valence-corrected chi connectivity index (χ1v) is 5.34. The number of nitriles is 1. The number of nitrogens with zero attached hydrogens (tertiary/aromatic N) is 1. The zero-order valence-corrected chi connectivity index (χ0v) is 9.58. The van der Waals surface area contributed by atoms with Crippen molar-refractivity contribution < 1.29 is 4.74 Å². The Morgan fingerprint density at radius 2 is 2.29 bits per heavy atom. The van der Waals surface area contributed by atoms with E-state index in [-0.39, 0.29) is 0 Å². The minimum Gasteiger partial charge on any atom is -0.495 e. The first-order chi connectivity index (χ1) is 6.72. The van der Waals surface area contributed by atoms with Gasteiger partial charge in [-0.1, -0.05) is 18.5 Å². The highest BCUT2D eigenvalue weighted by Crippen LogP contribution is 2.33. The minimum absolute atomic E-state index is 0.589. The molecule has 1 rings (SSSR count). The second-order valence-corrected chi connectivity index (χ2v) is 3.88. The zero-order chi connectivity index (χ0) is 10.6. The molecule has 0 atom stereocenters. The van der Waals surface area contributed by atoms with Gasteiger partial charge in [0.1, 0.15) is 11.2 Å². The molecule has 0 aliphatic carbocycles. The number of benzene rings is 1. The Morgan fingerprint density at radius 3 is 2.79 bits per heavy atom. The number of methoxy groups -OCH3 is 1. The lowest BCUT2D eigenvalue weighted by Crippen LogP contribution is -1.89. The Balaban J connectivity index is 3.19. The molecular weight excluding hydrogens is 218 g/mol. The van der Waals surface area contributed by atoms with Crippen molar-refractivity contribution >= 4 is 23.4 Å². The lowest BCUT2D eigenvalue weighted by atomic mass is 10.1. The smallest absolute Gasteiger partial charge is 0.138 e. The molecule has 0 bridgehead atoms. The summed E-state index contributed by atoms with van der Waals surface area (Å²) in [6, 6.07) is 3.65. The third kappa shape index (κ3) is 2.34. The molecule has 1 aromatic rings. The molecule has 74 valence electrons. The first-order valence-electron chi connectivity index (χ1n) is 4.15. The fourth-order valence-corrected chi connectivity index (χ4v) is 2.01. The third-order valence-electron chi connectivity index (χ3n) is 1.87. The maximum atomic E-state index is 8.61. The van der Waals surface area contributed by atoms with E-state index in [0.29, 0.717) is 10.8 Å². The molecule has 1 aromatic carbocycles. The zero-order valence-electron chi connectivity index (χ0n) is 8.00. The van der Waals surface area contributed by atoms with E-state index < -0.39 is 0 Å². The summed E-state index contributed by atoms with van der Waals surface area (Å²) in [5, 5.41) is 11.2. The highest BCUT2D eigenvalue weighted by atomic mass is 35.5. The van der Waals surface area contributed by atoms with Gasteiger partial charge in [0.25, 0.3) is 0 Å². The van der Waals surface area contributed by atoms with E-state index in [1.54, 1.807) is 13.2 Å². The lowest BCUT2D eigenvalue weighted by Gasteiger charge is -2.08. The summed E-state index contributed by atoms with van der Waals surface area (Å²) < 4.78 is 5.08. The molecule has 0 saturated heterocycles. The van der Waals surface area contributed by atoms with Gasteiger partial charge in [-0.2, -0.15) is 5.26 Å². The van der Waals surface area contributed by atoms with Gasteiger partial charge in [-0.3, -0.25) is 0 Å². The molecule has 14 heavy (non-hydrogen) atoms. The molecule has 0 heterocycles. The summed E-state index contributed by atoms with van der Waals surface area (Å²) >= 11 is 7.09. The summed E-state index contributed by atoms with van der Waals surface area (Å²) in [6.45, 7) is 2.03. The molecule has 0 aliphatic heterocycles. The summed E-state index contributed by atoms with van der Waals surface area (Å²) in [7, 11) is 1.56. The van der Waals surface area contributed by atoms with Crippen molar-refractivity contribution in [2.75, 3.05) is 7.11 Å². The van der Waals surface area contributed by atoms with Gasteiger partial charge in [0.2, 0.25) is 0 Å². The fourth-order valence-electron chi connectivity index (χ4n) is 1.15. The average molecular weight is 228 g/mol. The summed E-state index contributed by atoms with van der Waals surface area (Å²) in [5.74, 6) is 0.613. The Kier molecular flexibility index (Phi) is 4.12. The predicted octanol–water partition coefficient (Wildman–Crippen LogP) is 3.48. The standard InChI is InChI=1S/C10H10ClNOS/c1-3-7-4-8(11)9(13-2)5-10(7)14-6-12/h4-5H,3H2,1-2H3. The third-order valence-corrected chi connectivity index (χ3v) is 2.86. The van der Waals surface area contributed by atoms with Gasteiger partial charge in [0.15, 0.2) is 0 Å². The Bertz CT molecular complexity index is 373. The minimum atomic E-state index is 0.589. The molecular formula is C10H10ClNOS. The van der Waals surface area contributed by atoms with Crippen LogP contribution in [0.5, 0.6) is 5.75 Å². The van der Waals surface area contributed by atoms with E-state index >= 15 is 0 Å². The monoisotopic (exact) mass is 227 g/mol. The molecule has 0 N–H and O–H groups in total. The number of thiocyanates is 1. The van der Waals surface area contributed by atoms with Crippen LogP contribution < -0.4 is 4.74 Å². The maximum Gasteiger partial charge on any atom is 0.138 e. The van der Waals surface area contributed by atoms with E-state index in [9.17, 15) is 0 Å². The summed E-state index contributed by atoms with van der Waals surface area (Å²) in [4.78, 5) is 0.913. The van der Waals surface area contributed by atoms with Crippen LogP contribution in [0.2, 0.25) is 5.02 Å². The number of rotatable bonds is 3. The van der Waals surface area contributed by atoms with E-state index in [1.165, 1.54) is 0 Å². The van der Waals surface area contributed by atoms with Gasteiger partial charge in [0, 0.05) is 4.90 Å². The van der Waals surface area contributed by atoms with Crippen molar-refractivity contribution in [3.8, 4) is 11.2 Å². The van der Waals surface area contributed by atoms with Gasteiger partial charge >= 0.3 is 0 Å². The molecule has 0 radical (unpaired) electrons.